The van der Waals surface area contributed by atoms with Gasteiger partial charge in [0.2, 0.25) is 0 Å². The van der Waals surface area contributed by atoms with Gasteiger partial charge in [-0.25, -0.2) is 9.59 Å². The predicted molar refractivity (Wildman–Crippen MR) is 171 cm³/mol. The molecule has 3 aliphatic rings. The average Bonchev–Trinajstić information content (AvgIpc) is 3.84. The van der Waals surface area contributed by atoms with E-state index in [1.54, 1.807) is 0 Å². The van der Waals surface area contributed by atoms with Gasteiger partial charge in [-0.2, -0.15) is 0 Å². The predicted octanol–water partition coefficient (Wildman–Crippen LogP) is -0.147. The van der Waals surface area contributed by atoms with Crippen LogP contribution in [0.2, 0.25) is 0 Å². The van der Waals surface area contributed by atoms with Crippen LogP contribution in [0.4, 0.5) is 0 Å². The van der Waals surface area contributed by atoms with Crippen LogP contribution in [0.15, 0.2) is 128 Å². The van der Waals surface area contributed by atoms with E-state index in [1.165, 1.54) is 11.1 Å². The van der Waals surface area contributed by atoms with Gasteiger partial charge in [0.05, 0.1) is 51.4 Å². The molecule has 3 heterocycles. The SMILES string of the molecule is O=C1OCCOCCOC(=O)C2=C/C(=C(\[O-])OCCOCCO/C([O-])=C3/C=C1N=N3)N=N2.[NH3+]CCc1ccccc1.[NH3+]CCc1ccccc1. The fourth-order valence-corrected chi connectivity index (χ4v) is 3.96. The van der Waals surface area contributed by atoms with Crippen molar-refractivity contribution in [3.8, 4) is 0 Å². The van der Waals surface area contributed by atoms with Gasteiger partial charge in [-0.15, -0.1) is 20.5 Å². The van der Waals surface area contributed by atoms with Crippen LogP contribution < -0.4 is 21.7 Å². The number of hydrogen-bond donors (Lipinski definition) is 2. The summed E-state index contributed by atoms with van der Waals surface area (Å²) >= 11 is 0. The summed E-state index contributed by atoms with van der Waals surface area (Å²) in [6.07, 6.45) is 4.47. The Morgan fingerprint density at radius 3 is 1.24 bits per heavy atom. The van der Waals surface area contributed by atoms with Crippen LogP contribution in [-0.2, 0) is 50.9 Å². The van der Waals surface area contributed by atoms with E-state index in [0.29, 0.717) is 0 Å². The molecule has 0 saturated carbocycles. The number of rotatable bonds is 4. The molecule has 0 spiro atoms. The first-order valence-electron chi connectivity index (χ1n) is 15.9. The van der Waals surface area contributed by atoms with Crippen LogP contribution >= 0.6 is 0 Å². The van der Waals surface area contributed by atoms with E-state index in [-0.39, 0.29) is 75.6 Å². The number of carbonyl (C=O) groups excluding carboxylic acids is 2. The minimum absolute atomic E-state index is 0.0263. The summed E-state index contributed by atoms with van der Waals surface area (Å²) in [6, 6.07) is 20.8. The number of allylic oxidation sites excluding steroid dienone is 2. The van der Waals surface area contributed by atoms with E-state index in [4.69, 9.17) is 28.4 Å². The number of azo groups is 2. The zero-order chi connectivity index (χ0) is 35.8. The number of hydrogen-bond acceptors (Lipinski definition) is 14. The largest absolute Gasteiger partial charge is 0.609 e. The molecule has 16 heteroatoms. The normalized spacial score (nSPS) is 20.2. The summed E-state index contributed by atoms with van der Waals surface area (Å²) in [5, 5.41) is 38.1. The second-order valence-electron chi connectivity index (χ2n) is 10.2. The second kappa shape index (κ2) is 23.0. The first kappa shape index (κ1) is 39.0. The molecule has 50 heavy (non-hydrogen) atoms. The minimum Gasteiger partial charge on any atom is -0.609 e. The highest BCUT2D eigenvalue weighted by Crippen LogP contribution is 2.20. The molecule has 0 fully saturated rings. The Labute approximate surface area is 289 Å². The average molecular weight is 695 g/mol. The first-order valence-corrected chi connectivity index (χ1v) is 15.9. The van der Waals surface area contributed by atoms with Gasteiger partial charge in [0, 0.05) is 38.2 Å². The molecule has 0 atom stereocenters. The third kappa shape index (κ3) is 14.8. The summed E-state index contributed by atoms with van der Waals surface area (Å²) < 4.78 is 30.2. The van der Waals surface area contributed by atoms with Crippen LogP contribution in [0.25, 0.3) is 0 Å². The lowest BCUT2D eigenvalue weighted by Gasteiger charge is -2.18. The maximum atomic E-state index is 11.9. The number of cyclic esters (lactones) is 2. The fraction of sp³-hybridized carbons (Fsp3) is 0.353. The van der Waals surface area contributed by atoms with Gasteiger partial charge in [-0.1, -0.05) is 60.7 Å². The Bertz CT molecular complexity index is 1430. The zero-order valence-corrected chi connectivity index (χ0v) is 27.7. The lowest BCUT2D eigenvalue weighted by Crippen LogP contribution is -2.51. The van der Waals surface area contributed by atoms with Gasteiger partial charge in [0.1, 0.15) is 24.6 Å². The highest BCUT2D eigenvalue weighted by atomic mass is 16.6. The smallest absolute Gasteiger partial charge is 0.359 e. The third-order valence-corrected chi connectivity index (χ3v) is 6.37. The number of quaternary nitrogens is 2. The lowest BCUT2D eigenvalue weighted by molar-refractivity contribution is -0.367. The molecule has 3 aliphatic heterocycles. The van der Waals surface area contributed by atoms with Gasteiger partial charge < -0.3 is 50.1 Å². The third-order valence-electron chi connectivity index (χ3n) is 6.37. The molecule has 0 aromatic heterocycles. The molecule has 2 aromatic carbocycles. The van der Waals surface area contributed by atoms with Crippen LogP contribution in [0.1, 0.15) is 11.1 Å². The van der Waals surface area contributed by atoms with Crippen molar-refractivity contribution < 1.29 is 59.7 Å². The van der Waals surface area contributed by atoms with E-state index in [1.807, 2.05) is 12.1 Å². The summed E-state index contributed by atoms with van der Waals surface area (Å²) in [4.78, 5) is 23.8. The van der Waals surface area contributed by atoms with E-state index < -0.39 is 23.8 Å². The molecule has 0 unspecified atom stereocenters. The first-order chi connectivity index (χ1) is 24.4. The van der Waals surface area contributed by atoms with E-state index in [0.717, 1.165) is 38.1 Å². The zero-order valence-electron chi connectivity index (χ0n) is 27.7. The standard InChI is InChI=1S/C18H20N4O10.2C8H11N/c23-15-11-9-12(20-19-11)17(25)31-7-3-28-4-8-32-18(26)14-10-13(21-22-14)16(24)30-6-2-27-1-5-29-15;2*9-7-6-8-4-2-1-3-5-8/h9-10,23-24H,1-8H2;2*1-5H,6-7,9H2/b15-11-,16-13-;;. The maximum absolute atomic E-state index is 11.9. The number of ether oxygens (including phenoxy) is 6. The summed E-state index contributed by atoms with van der Waals surface area (Å²) in [6.45, 7) is 1.68. The van der Waals surface area contributed by atoms with Crippen LogP contribution in [0.3, 0.4) is 0 Å². The monoisotopic (exact) mass is 694 g/mol. The Morgan fingerprint density at radius 1 is 0.520 bits per heavy atom. The Balaban J connectivity index is 0.000000303. The van der Waals surface area contributed by atoms with Gasteiger partial charge in [-0.05, 0) is 11.1 Å². The van der Waals surface area contributed by atoms with E-state index in [2.05, 4.69) is 80.5 Å². The molecule has 5 rings (SSSR count). The fourth-order valence-electron chi connectivity index (χ4n) is 3.96. The minimum atomic E-state index is -0.787. The van der Waals surface area contributed by atoms with Gasteiger partial charge in [0.25, 0.3) is 0 Å². The van der Waals surface area contributed by atoms with Crippen molar-refractivity contribution in [2.75, 3.05) is 65.9 Å². The number of carbonyl (C=O) groups is 2. The van der Waals surface area contributed by atoms with Crippen LogP contribution in [0.5, 0.6) is 0 Å². The molecule has 268 valence electrons. The van der Waals surface area contributed by atoms with Crippen molar-refractivity contribution in [1.82, 2.24) is 0 Å². The van der Waals surface area contributed by atoms with Crippen molar-refractivity contribution in [1.29, 1.82) is 0 Å². The van der Waals surface area contributed by atoms with Crippen LogP contribution in [-0.4, -0.2) is 77.9 Å². The highest BCUT2D eigenvalue weighted by molar-refractivity contribution is 5.89. The molecular formula is C34H42N6O10. The molecule has 16 nitrogen and oxygen atoms in total. The topological polar surface area (TPSA) is 240 Å². The second-order valence-corrected chi connectivity index (χ2v) is 10.2. The summed E-state index contributed by atoms with van der Waals surface area (Å²) in [7, 11) is 0. The van der Waals surface area contributed by atoms with Gasteiger partial charge in [0.15, 0.2) is 11.4 Å². The Hall–Kier alpha value is -5.42. The molecule has 0 amide bonds. The van der Waals surface area contributed by atoms with Crippen LogP contribution in [0, 0.1) is 0 Å². The number of fused-ring (bicyclic) bond motifs is 2. The van der Waals surface area contributed by atoms with Crippen molar-refractivity contribution in [3.63, 3.8) is 0 Å². The Kier molecular flexibility index (Phi) is 18.0. The number of esters is 2. The molecule has 0 aliphatic carbocycles. The number of nitrogens with zero attached hydrogens (tertiary/aromatic N) is 4. The molecule has 4 bridgehead atoms. The van der Waals surface area contributed by atoms with Gasteiger partial charge in [-0.3, -0.25) is 0 Å². The molecule has 6 N–H and O–H groups in total. The lowest BCUT2D eigenvalue weighted by atomic mass is 10.2. The summed E-state index contributed by atoms with van der Waals surface area (Å²) in [5.74, 6) is -3.15. The molecule has 0 saturated heterocycles. The van der Waals surface area contributed by atoms with Crippen molar-refractivity contribution in [2.45, 2.75) is 12.8 Å². The molecule has 2 aromatic rings. The van der Waals surface area contributed by atoms with Crippen molar-refractivity contribution in [3.05, 3.63) is 119 Å². The summed E-state index contributed by atoms with van der Waals surface area (Å²) in [5.41, 5.74) is 9.69. The number of benzene rings is 2. The molecular weight excluding hydrogens is 652 g/mol. The van der Waals surface area contributed by atoms with Crippen molar-refractivity contribution >= 4 is 11.9 Å². The Morgan fingerprint density at radius 2 is 0.880 bits per heavy atom. The highest BCUT2D eigenvalue weighted by Gasteiger charge is 2.18. The molecule has 0 radical (unpaired) electrons. The quantitative estimate of drug-likeness (QED) is 0.401. The van der Waals surface area contributed by atoms with E-state index in [9.17, 15) is 19.8 Å². The van der Waals surface area contributed by atoms with E-state index >= 15 is 0 Å². The maximum Gasteiger partial charge on any atom is 0.359 e. The van der Waals surface area contributed by atoms with Gasteiger partial charge >= 0.3 is 11.9 Å². The van der Waals surface area contributed by atoms with Crippen molar-refractivity contribution in [2.24, 2.45) is 20.5 Å².